The van der Waals surface area contributed by atoms with Crippen LogP contribution in [-0.4, -0.2) is 140 Å². The zero-order valence-corrected chi connectivity index (χ0v) is 43.1. The Hall–Kier alpha value is -1.79. The molecule has 2 heterocycles. The van der Waals surface area contributed by atoms with Crippen LogP contribution in [0.1, 0.15) is 213 Å². The van der Waals surface area contributed by atoms with Crippen LogP contribution in [0.2, 0.25) is 0 Å². The van der Waals surface area contributed by atoms with Gasteiger partial charge in [-0.2, -0.15) is 0 Å². The van der Waals surface area contributed by atoms with E-state index in [2.05, 4.69) is 43.5 Å². The second-order valence-corrected chi connectivity index (χ2v) is 19.7. The number of carbonyl (C=O) groups excluding carboxylic acids is 1. The molecule has 0 aromatic carbocycles. The quantitative estimate of drug-likeness (QED) is 0.0207. The largest absolute Gasteiger partial charge is 0.394 e. The van der Waals surface area contributed by atoms with Gasteiger partial charge in [0.05, 0.1) is 32.0 Å². The lowest BCUT2D eigenvalue weighted by Gasteiger charge is -2.46. The van der Waals surface area contributed by atoms with E-state index in [9.17, 15) is 45.6 Å². The van der Waals surface area contributed by atoms with Gasteiger partial charge < -0.3 is 65.1 Å². The Morgan fingerprint density at radius 2 is 0.928 bits per heavy atom. The van der Waals surface area contributed by atoms with E-state index in [1.807, 2.05) is 6.08 Å². The fourth-order valence-electron chi connectivity index (χ4n) is 9.03. The Kier molecular flexibility index (Phi) is 38.2. The summed E-state index contributed by atoms with van der Waals surface area (Å²) in [5.41, 5.74) is 0. The molecule has 12 unspecified atom stereocenters. The highest BCUT2D eigenvalue weighted by atomic mass is 16.7. The number of aliphatic hydroxyl groups excluding tert-OH is 8. The van der Waals surface area contributed by atoms with Crippen molar-refractivity contribution in [3.05, 3.63) is 36.5 Å². The molecule has 2 fully saturated rings. The Morgan fingerprint density at radius 3 is 1.42 bits per heavy atom. The monoisotopic (exact) mass is 984 g/mol. The first-order valence-electron chi connectivity index (χ1n) is 27.7. The number of rotatable bonds is 43. The normalized spacial score (nSPS) is 26.4. The van der Waals surface area contributed by atoms with Crippen molar-refractivity contribution in [2.75, 3.05) is 19.8 Å². The first-order chi connectivity index (χ1) is 33.6. The van der Waals surface area contributed by atoms with E-state index in [0.29, 0.717) is 12.8 Å². The number of hydrogen-bond acceptors (Lipinski definition) is 13. The van der Waals surface area contributed by atoms with Gasteiger partial charge >= 0.3 is 0 Å². The average molecular weight is 984 g/mol. The lowest BCUT2D eigenvalue weighted by molar-refractivity contribution is -0.359. The zero-order valence-electron chi connectivity index (χ0n) is 43.1. The van der Waals surface area contributed by atoms with E-state index >= 15 is 0 Å². The SMILES string of the molecule is CCCCCCCCC/C=C/CC/C=C/CC/C=C/C(O)C(COC1OC(CO)C(OC2OC(CO)C(O)C(O)C2O)C(O)C1O)NC(=O)CCCCCCCCCCCCCCCCCCCC. The molecule has 12 atom stereocenters. The lowest BCUT2D eigenvalue weighted by Crippen LogP contribution is -2.65. The van der Waals surface area contributed by atoms with Gasteiger partial charge in [-0.15, -0.1) is 0 Å². The molecule has 0 bridgehead atoms. The predicted molar refractivity (Wildman–Crippen MR) is 272 cm³/mol. The second kappa shape index (κ2) is 41.7. The fraction of sp³-hybridized carbons (Fsp3) is 0.873. The van der Waals surface area contributed by atoms with Gasteiger partial charge in [-0.25, -0.2) is 0 Å². The Labute approximate surface area is 417 Å². The first kappa shape index (κ1) is 63.3. The lowest BCUT2D eigenvalue weighted by atomic mass is 9.97. The highest BCUT2D eigenvalue weighted by Gasteiger charge is 2.51. The minimum Gasteiger partial charge on any atom is -0.394 e. The van der Waals surface area contributed by atoms with Gasteiger partial charge in [0.1, 0.15) is 48.8 Å². The van der Waals surface area contributed by atoms with E-state index in [4.69, 9.17) is 18.9 Å². The molecular formula is C55H101NO13. The number of carbonyl (C=O) groups is 1. The summed E-state index contributed by atoms with van der Waals surface area (Å²) in [6.45, 7) is 2.77. The van der Waals surface area contributed by atoms with E-state index in [1.165, 1.54) is 135 Å². The van der Waals surface area contributed by atoms with E-state index in [1.54, 1.807) is 6.08 Å². The third kappa shape index (κ3) is 28.3. The summed E-state index contributed by atoms with van der Waals surface area (Å²) in [5, 5.41) is 86.9. The number of aliphatic hydroxyl groups is 8. The zero-order chi connectivity index (χ0) is 50.3. The molecule has 14 heteroatoms. The van der Waals surface area contributed by atoms with E-state index in [0.717, 1.165) is 44.9 Å². The smallest absolute Gasteiger partial charge is 0.220 e. The highest BCUT2D eigenvalue weighted by molar-refractivity contribution is 5.76. The maximum atomic E-state index is 13.2. The van der Waals surface area contributed by atoms with Crippen molar-refractivity contribution in [3.8, 4) is 0 Å². The van der Waals surface area contributed by atoms with Crippen molar-refractivity contribution >= 4 is 5.91 Å². The Bertz CT molecular complexity index is 1300. The van der Waals surface area contributed by atoms with Gasteiger partial charge in [-0.1, -0.05) is 198 Å². The van der Waals surface area contributed by atoms with Gasteiger partial charge in [-0.3, -0.25) is 4.79 Å². The first-order valence-corrected chi connectivity index (χ1v) is 27.7. The van der Waals surface area contributed by atoms with Crippen LogP contribution in [-0.2, 0) is 23.7 Å². The minimum absolute atomic E-state index is 0.252. The number of nitrogens with one attached hydrogen (secondary N) is 1. The predicted octanol–water partition coefficient (Wildman–Crippen LogP) is 8.27. The topological polar surface area (TPSA) is 228 Å². The molecule has 69 heavy (non-hydrogen) atoms. The minimum atomic E-state index is -1.79. The summed E-state index contributed by atoms with van der Waals surface area (Å²) < 4.78 is 22.7. The molecule has 0 spiro atoms. The van der Waals surface area contributed by atoms with Crippen molar-refractivity contribution in [3.63, 3.8) is 0 Å². The summed E-state index contributed by atoms with van der Waals surface area (Å²) >= 11 is 0. The second-order valence-electron chi connectivity index (χ2n) is 19.7. The third-order valence-electron chi connectivity index (χ3n) is 13.6. The molecule has 0 radical (unpaired) electrons. The number of hydrogen-bond donors (Lipinski definition) is 9. The van der Waals surface area contributed by atoms with Crippen LogP contribution in [0.5, 0.6) is 0 Å². The molecule has 9 N–H and O–H groups in total. The van der Waals surface area contributed by atoms with Crippen LogP contribution >= 0.6 is 0 Å². The molecular weight excluding hydrogens is 883 g/mol. The summed E-state index contributed by atoms with van der Waals surface area (Å²) in [6.07, 6.45) is 31.8. The van der Waals surface area contributed by atoms with Gasteiger partial charge in [0.25, 0.3) is 0 Å². The molecule has 2 aliphatic rings. The van der Waals surface area contributed by atoms with Gasteiger partial charge in [0.15, 0.2) is 12.6 Å². The van der Waals surface area contributed by atoms with Crippen LogP contribution in [0.25, 0.3) is 0 Å². The third-order valence-corrected chi connectivity index (χ3v) is 13.6. The van der Waals surface area contributed by atoms with Crippen LogP contribution in [0.15, 0.2) is 36.5 Å². The molecule has 0 saturated carbocycles. The Balaban J connectivity index is 1.83. The maximum absolute atomic E-state index is 13.2. The molecule has 2 rings (SSSR count). The molecule has 404 valence electrons. The van der Waals surface area contributed by atoms with Crippen LogP contribution < -0.4 is 5.32 Å². The van der Waals surface area contributed by atoms with Gasteiger partial charge in [0, 0.05) is 6.42 Å². The van der Waals surface area contributed by atoms with Crippen molar-refractivity contribution in [1.82, 2.24) is 5.32 Å². The van der Waals surface area contributed by atoms with Crippen LogP contribution in [0.4, 0.5) is 0 Å². The van der Waals surface area contributed by atoms with Crippen LogP contribution in [0.3, 0.4) is 0 Å². The number of unbranched alkanes of at least 4 members (excludes halogenated alkanes) is 26. The van der Waals surface area contributed by atoms with Gasteiger partial charge in [-0.05, 0) is 44.9 Å². The van der Waals surface area contributed by atoms with Crippen molar-refractivity contribution in [2.45, 2.75) is 286 Å². The molecule has 0 aromatic heterocycles. The highest BCUT2D eigenvalue weighted by Crippen LogP contribution is 2.30. The average Bonchev–Trinajstić information content (AvgIpc) is 3.35. The van der Waals surface area contributed by atoms with Gasteiger partial charge in [0.2, 0.25) is 5.91 Å². The molecule has 2 aliphatic heterocycles. The number of amides is 1. The van der Waals surface area contributed by atoms with Crippen molar-refractivity contribution in [2.24, 2.45) is 0 Å². The molecule has 14 nitrogen and oxygen atoms in total. The summed E-state index contributed by atoms with van der Waals surface area (Å²) in [5.74, 6) is -0.252. The Morgan fingerprint density at radius 1 is 0.507 bits per heavy atom. The molecule has 1 amide bonds. The summed E-state index contributed by atoms with van der Waals surface area (Å²) in [7, 11) is 0. The van der Waals surface area contributed by atoms with E-state index in [-0.39, 0.29) is 18.9 Å². The molecule has 2 saturated heterocycles. The summed E-state index contributed by atoms with van der Waals surface area (Å²) in [6, 6.07) is -0.934. The maximum Gasteiger partial charge on any atom is 0.220 e. The molecule has 0 aromatic rings. The number of allylic oxidation sites excluding steroid dienone is 5. The molecule has 0 aliphatic carbocycles. The standard InChI is InChI=1S/C55H101NO13/c1-3-5-7-9-11-13-15-17-19-21-23-25-27-29-31-33-35-37-39-47(60)56-43(44(59)38-36-34-32-30-28-26-24-22-20-18-16-14-12-10-8-6-4-2)42-66-54-52(65)50(63)53(46(41-58)68-54)69-55-51(64)49(62)48(61)45(40-57)67-55/h20,22,28,30,36,38,43-46,48-55,57-59,61-65H,3-19,21,23-27,29,31-35,37,39-42H2,1-2H3,(H,56,60)/b22-20+,30-28+,38-36+. The van der Waals surface area contributed by atoms with Crippen molar-refractivity contribution < 1.29 is 64.6 Å². The van der Waals surface area contributed by atoms with E-state index < -0.39 is 86.8 Å². The summed E-state index contributed by atoms with van der Waals surface area (Å²) in [4.78, 5) is 13.2. The fourth-order valence-corrected chi connectivity index (χ4v) is 9.03. The number of ether oxygens (including phenoxy) is 4. The van der Waals surface area contributed by atoms with Crippen molar-refractivity contribution in [1.29, 1.82) is 0 Å². The van der Waals surface area contributed by atoms with Crippen LogP contribution in [0, 0.1) is 0 Å².